The van der Waals surface area contributed by atoms with E-state index < -0.39 is 0 Å². The lowest BCUT2D eigenvalue weighted by atomic mass is 10.0. The number of Topliss-reactive ketones (excluding diaryl/α,β-unsaturated/α-hetero) is 2. The molecule has 0 aromatic heterocycles. The second-order valence-corrected chi connectivity index (χ2v) is 9.32. The first kappa shape index (κ1) is 24.3. The van der Waals surface area contributed by atoms with Crippen molar-refractivity contribution in [1.82, 2.24) is 9.80 Å². The lowest BCUT2D eigenvalue weighted by molar-refractivity contribution is 0.0947. The number of hydrogen-bond acceptors (Lipinski definition) is 4. The number of carbonyl (C=O) groups is 2. The Kier molecular flexibility index (Phi) is 7.56. The van der Waals surface area contributed by atoms with Crippen molar-refractivity contribution in [3.05, 3.63) is 162 Å². The highest BCUT2D eigenvalue weighted by Gasteiger charge is 2.19. The monoisotopic (exact) mass is 485 g/mol. The van der Waals surface area contributed by atoms with Gasteiger partial charge in [-0.1, -0.05) is 109 Å². The molecule has 0 unspecified atom stereocenters. The van der Waals surface area contributed by atoms with Crippen LogP contribution >= 0.6 is 0 Å². The Morgan fingerprint density at radius 3 is 1.19 bits per heavy atom. The topological polar surface area (TPSA) is 40.6 Å². The van der Waals surface area contributed by atoms with Crippen molar-refractivity contribution in [3.8, 4) is 0 Å². The van der Waals surface area contributed by atoms with Gasteiger partial charge in [0.25, 0.3) is 0 Å². The fraction of sp³-hybridized carbons (Fsp3) is 0.121. The van der Waals surface area contributed by atoms with Crippen LogP contribution in [-0.2, 0) is 12.8 Å². The van der Waals surface area contributed by atoms with E-state index in [1.165, 1.54) is 22.3 Å². The number of ketones is 2. The molecule has 37 heavy (non-hydrogen) atoms. The van der Waals surface area contributed by atoms with Crippen molar-refractivity contribution in [1.29, 1.82) is 0 Å². The van der Waals surface area contributed by atoms with Crippen molar-refractivity contribution in [2.75, 3.05) is 13.1 Å². The molecule has 0 saturated heterocycles. The second kappa shape index (κ2) is 11.5. The molecule has 183 valence electrons. The van der Waals surface area contributed by atoms with Crippen molar-refractivity contribution in [3.63, 3.8) is 0 Å². The van der Waals surface area contributed by atoms with Crippen LogP contribution in [0, 0.1) is 6.67 Å². The van der Waals surface area contributed by atoms with Crippen LogP contribution < -0.4 is 0 Å². The summed E-state index contributed by atoms with van der Waals surface area (Å²) in [6.07, 6.45) is 5.35. The maximum atomic E-state index is 12.8. The van der Waals surface area contributed by atoms with Gasteiger partial charge in [0, 0.05) is 23.5 Å². The molecule has 0 saturated carbocycles. The molecule has 0 amide bonds. The van der Waals surface area contributed by atoms with Crippen LogP contribution in [-0.4, -0.2) is 34.5 Å². The SMILES string of the molecule is O=C(CN1[CH]N(CC(=O)c2ccc(Cc3ccccc3)cc2)C=C1)c1ccc(Cc2ccccc2)cc1. The Bertz CT molecular complexity index is 1250. The molecule has 1 radical (unpaired) electrons. The third kappa shape index (κ3) is 6.62. The van der Waals surface area contributed by atoms with Crippen LogP contribution in [0.1, 0.15) is 43.0 Å². The predicted octanol–water partition coefficient (Wildman–Crippen LogP) is 6.14. The van der Waals surface area contributed by atoms with Crippen molar-refractivity contribution >= 4 is 11.6 Å². The van der Waals surface area contributed by atoms with E-state index in [2.05, 4.69) is 24.3 Å². The molecule has 0 fully saturated rings. The van der Waals surface area contributed by atoms with Gasteiger partial charge in [0.1, 0.15) is 6.67 Å². The average Bonchev–Trinajstić information content (AvgIpc) is 3.37. The number of rotatable bonds is 10. The minimum atomic E-state index is 0.0364. The highest BCUT2D eigenvalue weighted by molar-refractivity contribution is 5.98. The number of hydrogen-bond donors (Lipinski definition) is 0. The summed E-state index contributed by atoms with van der Waals surface area (Å²) in [4.78, 5) is 29.2. The van der Waals surface area contributed by atoms with Gasteiger partial charge in [0.15, 0.2) is 11.6 Å². The molecule has 0 bridgehead atoms. The Morgan fingerprint density at radius 2 is 0.811 bits per heavy atom. The minimum absolute atomic E-state index is 0.0364. The first-order chi connectivity index (χ1) is 18.1. The molecule has 1 aliphatic rings. The zero-order valence-electron chi connectivity index (χ0n) is 20.7. The third-order valence-electron chi connectivity index (χ3n) is 6.45. The van der Waals surface area contributed by atoms with E-state index in [4.69, 9.17) is 0 Å². The molecule has 1 heterocycles. The first-order valence-electron chi connectivity index (χ1n) is 12.5. The van der Waals surface area contributed by atoms with E-state index in [1.807, 2.05) is 114 Å². The molecule has 0 spiro atoms. The Balaban J connectivity index is 1.09. The molecule has 5 rings (SSSR count). The lowest BCUT2D eigenvalue weighted by Crippen LogP contribution is -2.28. The highest BCUT2D eigenvalue weighted by atomic mass is 16.1. The van der Waals surface area contributed by atoms with Gasteiger partial charge < -0.3 is 9.80 Å². The van der Waals surface area contributed by atoms with Crippen LogP contribution in [0.4, 0.5) is 0 Å². The zero-order valence-corrected chi connectivity index (χ0v) is 20.7. The van der Waals surface area contributed by atoms with Gasteiger partial charge in [0.2, 0.25) is 0 Å². The Hall–Kier alpha value is -4.44. The van der Waals surface area contributed by atoms with Gasteiger partial charge in [-0.25, -0.2) is 0 Å². The van der Waals surface area contributed by atoms with Crippen LogP contribution in [0.25, 0.3) is 0 Å². The summed E-state index contributed by atoms with van der Waals surface area (Å²) in [6.45, 7) is 2.27. The van der Waals surface area contributed by atoms with Gasteiger partial charge in [-0.15, -0.1) is 0 Å². The number of benzene rings is 4. The molecular weight excluding hydrogens is 456 g/mol. The van der Waals surface area contributed by atoms with Gasteiger partial charge in [0.05, 0.1) is 13.1 Å². The summed E-state index contributed by atoms with van der Waals surface area (Å²) >= 11 is 0. The zero-order chi connectivity index (χ0) is 25.5. The van der Waals surface area contributed by atoms with Crippen LogP contribution in [0.15, 0.2) is 122 Å². The maximum absolute atomic E-state index is 12.8. The normalized spacial score (nSPS) is 12.6. The van der Waals surface area contributed by atoms with Gasteiger partial charge in [-0.2, -0.15) is 0 Å². The Labute approximate surface area is 218 Å². The summed E-state index contributed by atoms with van der Waals surface area (Å²) in [6, 6.07) is 36.2. The minimum Gasteiger partial charge on any atom is -0.345 e. The van der Waals surface area contributed by atoms with Gasteiger partial charge in [-0.05, 0) is 35.1 Å². The van der Waals surface area contributed by atoms with E-state index >= 15 is 0 Å². The largest absolute Gasteiger partial charge is 0.345 e. The quantitative estimate of drug-likeness (QED) is 0.253. The standard InChI is InChI=1S/C33H29N2O2/c36-32(30-15-11-28(12-16-30)21-26-7-3-1-4-8-26)23-34-19-20-35(25-34)24-33(37)31-17-13-29(14-18-31)22-27-9-5-2-6-10-27/h1-20,25H,21-24H2. The fourth-order valence-corrected chi connectivity index (χ4v) is 4.42. The predicted molar refractivity (Wildman–Crippen MR) is 147 cm³/mol. The van der Waals surface area contributed by atoms with Gasteiger partial charge in [-0.3, -0.25) is 9.59 Å². The lowest BCUT2D eigenvalue weighted by Gasteiger charge is -2.19. The Morgan fingerprint density at radius 1 is 0.459 bits per heavy atom. The van der Waals surface area contributed by atoms with Crippen LogP contribution in [0.2, 0.25) is 0 Å². The second-order valence-electron chi connectivity index (χ2n) is 9.32. The summed E-state index contributed by atoms with van der Waals surface area (Å²) in [7, 11) is 0. The molecule has 0 aliphatic carbocycles. The smallest absolute Gasteiger partial charge is 0.182 e. The van der Waals surface area contributed by atoms with E-state index in [0.29, 0.717) is 11.1 Å². The van der Waals surface area contributed by atoms with E-state index in [-0.39, 0.29) is 24.7 Å². The number of nitrogens with zero attached hydrogens (tertiary/aromatic N) is 2. The summed E-state index contributed by atoms with van der Waals surface area (Å²) in [5.74, 6) is 0.0729. The summed E-state index contributed by atoms with van der Waals surface area (Å²) in [5, 5.41) is 0. The van der Waals surface area contributed by atoms with Crippen molar-refractivity contribution < 1.29 is 9.59 Å². The van der Waals surface area contributed by atoms with E-state index in [0.717, 1.165) is 12.8 Å². The van der Waals surface area contributed by atoms with Crippen LogP contribution in [0.5, 0.6) is 0 Å². The fourth-order valence-electron chi connectivity index (χ4n) is 4.42. The summed E-state index contributed by atoms with van der Waals surface area (Å²) in [5.41, 5.74) is 6.21. The molecule has 4 aromatic carbocycles. The molecule has 1 aliphatic heterocycles. The number of carbonyl (C=O) groups excluding carboxylic acids is 2. The maximum Gasteiger partial charge on any atom is 0.182 e. The van der Waals surface area contributed by atoms with E-state index in [1.54, 1.807) is 0 Å². The molecule has 4 heteroatoms. The molecule has 4 nitrogen and oxygen atoms in total. The third-order valence-corrected chi connectivity index (χ3v) is 6.45. The van der Waals surface area contributed by atoms with Crippen molar-refractivity contribution in [2.45, 2.75) is 12.8 Å². The molecule has 0 N–H and O–H groups in total. The molecular formula is C33H29N2O2. The molecule has 0 atom stereocenters. The van der Waals surface area contributed by atoms with Crippen LogP contribution in [0.3, 0.4) is 0 Å². The first-order valence-corrected chi connectivity index (χ1v) is 12.5. The molecule has 4 aromatic rings. The van der Waals surface area contributed by atoms with Crippen molar-refractivity contribution in [2.24, 2.45) is 0 Å². The van der Waals surface area contributed by atoms with Gasteiger partial charge >= 0.3 is 0 Å². The van der Waals surface area contributed by atoms with E-state index in [9.17, 15) is 9.59 Å². The summed E-state index contributed by atoms with van der Waals surface area (Å²) < 4.78 is 0. The average molecular weight is 486 g/mol. The highest BCUT2D eigenvalue weighted by Crippen LogP contribution is 2.17.